The Bertz CT molecular complexity index is 909. The maximum Gasteiger partial charge on any atom is 0.270 e. The zero-order chi connectivity index (χ0) is 17.9. The summed E-state index contributed by atoms with van der Waals surface area (Å²) >= 11 is 1.63. The smallest absolute Gasteiger partial charge is 0.270 e. The molecule has 0 saturated carbocycles. The average Bonchev–Trinajstić information content (AvgIpc) is 3.41. The second-order valence-corrected chi connectivity index (χ2v) is 7.40. The SMILES string of the molecule is COc1cccc(Cc2nc(-c3c[nH]c(C(=O)N4CCCC4)c3)cs2)c1. The number of benzene rings is 1. The standard InChI is InChI=1S/C20H21N3O2S/c1-25-16-6-4-5-14(9-16)10-19-22-18(13-26-19)15-11-17(21-12-15)20(24)23-7-2-3-8-23/h4-6,9,11-13,21H,2-3,7-8,10H2,1H3. The highest BCUT2D eigenvalue weighted by Gasteiger charge is 2.21. The second-order valence-electron chi connectivity index (χ2n) is 6.46. The highest BCUT2D eigenvalue weighted by Crippen LogP contribution is 2.26. The highest BCUT2D eigenvalue weighted by atomic mass is 32.1. The van der Waals surface area contributed by atoms with Crippen molar-refractivity contribution in [1.29, 1.82) is 0 Å². The van der Waals surface area contributed by atoms with Gasteiger partial charge in [0.1, 0.15) is 11.4 Å². The molecule has 1 aliphatic heterocycles. The van der Waals surface area contributed by atoms with Gasteiger partial charge in [0, 0.05) is 36.7 Å². The van der Waals surface area contributed by atoms with Crippen molar-refractivity contribution in [3.63, 3.8) is 0 Å². The lowest BCUT2D eigenvalue weighted by atomic mass is 10.1. The summed E-state index contributed by atoms with van der Waals surface area (Å²) in [6.45, 7) is 1.71. The minimum absolute atomic E-state index is 0.0839. The third-order valence-electron chi connectivity index (χ3n) is 4.64. The average molecular weight is 367 g/mol. The number of nitrogens with zero attached hydrogens (tertiary/aromatic N) is 2. The van der Waals surface area contributed by atoms with Crippen molar-refractivity contribution in [2.24, 2.45) is 0 Å². The maximum absolute atomic E-state index is 12.5. The van der Waals surface area contributed by atoms with Gasteiger partial charge in [-0.05, 0) is 36.6 Å². The minimum atomic E-state index is 0.0839. The number of methoxy groups -OCH3 is 1. The van der Waals surface area contributed by atoms with E-state index in [4.69, 9.17) is 9.72 Å². The van der Waals surface area contributed by atoms with E-state index < -0.39 is 0 Å². The molecule has 0 unspecified atom stereocenters. The summed E-state index contributed by atoms with van der Waals surface area (Å²) in [6, 6.07) is 9.95. The van der Waals surface area contributed by atoms with Crippen LogP contribution in [0.25, 0.3) is 11.3 Å². The van der Waals surface area contributed by atoms with Crippen molar-refractivity contribution in [1.82, 2.24) is 14.9 Å². The molecule has 0 bridgehead atoms. The van der Waals surface area contributed by atoms with Crippen LogP contribution in [-0.2, 0) is 6.42 Å². The lowest BCUT2D eigenvalue weighted by molar-refractivity contribution is 0.0788. The Balaban J connectivity index is 1.48. The number of aromatic amines is 1. The van der Waals surface area contributed by atoms with E-state index in [2.05, 4.69) is 11.1 Å². The molecule has 1 aromatic carbocycles. The van der Waals surface area contributed by atoms with Crippen molar-refractivity contribution >= 4 is 17.2 Å². The van der Waals surface area contributed by atoms with E-state index in [0.29, 0.717) is 5.69 Å². The molecule has 6 heteroatoms. The molecule has 1 saturated heterocycles. The van der Waals surface area contributed by atoms with Gasteiger partial charge in [-0.25, -0.2) is 4.98 Å². The van der Waals surface area contributed by atoms with Crippen LogP contribution in [0.2, 0.25) is 0 Å². The van der Waals surface area contributed by atoms with Gasteiger partial charge in [-0.15, -0.1) is 11.3 Å². The molecule has 1 aliphatic rings. The van der Waals surface area contributed by atoms with Crippen molar-refractivity contribution in [3.8, 4) is 17.0 Å². The Hall–Kier alpha value is -2.60. The van der Waals surface area contributed by atoms with Crippen molar-refractivity contribution in [3.05, 3.63) is 58.2 Å². The van der Waals surface area contributed by atoms with E-state index in [0.717, 1.165) is 54.4 Å². The van der Waals surface area contributed by atoms with Gasteiger partial charge in [-0.3, -0.25) is 4.79 Å². The number of ether oxygens (including phenoxy) is 1. The summed E-state index contributed by atoms with van der Waals surface area (Å²) in [5.74, 6) is 0.940. The van der Waals surface area contributed by atoms with Crippen LogP contribution in [0.5, 0.6) is 5.75 Å². The van der Waals surface area contributed by atoms with Gasteiger partial charge in [0.15, 0.2) is 0 Å². The fourth-order valence-corrected chi connectivity index (χ4v) is 4.08. The Morgan fingerprint density at radius 2 is 2.15 bits per heavy atom. The number of thiazole rings is 1. The van der Waals surface area contributed by atoms with Gasteiger partial charge in [-0.1, -0.05) is 12.1 Å². The van der Waals surface area contributed by atoms with Crippen LogP contribution >= 0.6 is 11.3 Å². The molecular formula is C20H21N3O2S. The van der Waals surface area contributed by atoms with E-state index in [-0.39, 0.29) is 5.91 Å². The molecule has 5 nitrogen and oxygen atoms in total. The van der Waals surface area contributed by atoms with E-state index >= 15 is 0 Å². The number of hydrogen-bond acceptors (Lipinski definition) is 4. The number of hydrogen-bond donors (Lipinski definition) is 1. The Morgan fingerprint density at radius 1 is 1.31 bits per heavy atom. The predicted molar refractivity (Wildman–Crippen MR) is 103 cm³/mol. The Labute approximate surface area is 156 Å². The van der Waals surface area contributed by atoms with Crippen LogP contribution < -0.4 is 4.74 Å². The Morgan fingerprint density at radius 3 is 2.96 bits per heavy atom. The van der Waals surface area contributed by atoms with Gasteiger partial charge >= 0.3 is 0 Å². The normalized spacial score (nSPS) is 14.0. The largest absolute Gasteiger partial charge is 0.497 e. The van der Waals surface area contributed by atoms with Gasteiger partial charge in [-0.2, -0.15) is 0 Å². The molecular weight excluding hydrogens is 346 g/mol. The lowest BCUT2D eigenvalue weighted by Crippen LogP contribution is -2.27. The number of carbonyl (C=O) groups excluding carboxylic acids is 1. The van der Waals surface area contributed by atoms with E-state index in [9.17, 15) is 4.79 Å². The zero-order valence-corrected chi connectivity index (χ0v) is 15.5. The summed E-state index contributed by atoms with van der Waals surface area (Å²) in [5, 5.41) is 3.09. The summed E-state index contributed by atoms with van der Waals surface area (Å²) in [4.78, 5) is 22.2. The topological polar surface area (TPSA) is 58.2 Å². The number of amides is 1. The lowest BCUT2D eigenvalue weighted by Gasteiger charge is -2.13. The van der Waals surface area contributed by atoms with Crippen LogP contribution in [0, 0.1) is 0 Å². The molecule has 0 spiro atoms. The fraction of sp³-hybridized carbons (Fsp3) is 0.300. The van der Waals surface area contributed by atoms with E-state index in [1.165, 1.54) is 5.56 Å². The molecule has 1 amide bonds. The molecule has 3 aromatic rings. The molecule has 26 heavy (non-hydrogen) atoms. The minimum Gasteiger partial charge on any atom is -0.497 e. The summed E-state index contributed by atoms with van der Waals surface area (Å²) in [5.41, 5.74) is 3.68. The zero-order valence-electron chi connectivity index (χ0n) is 14.7. The molecule has 3 heterocycles. The number of likely N-dealkylation sites (tertiary alicyclic amines) is 1. The third-order valence-corrected chi connectivity index (χ3v) is 5.49. The Kier molecular flexibility index (Phi) is 4.75. The summed E-state index contributed by atoms with van der Waals surface area (Å²) in [7, 11) is 1.67. The second kappa shape index (κ2) is 7.33. The molecule has 0 atom stereocenters. The van der Waals surface area contributed by atoms with Crippen molar-refractivity contribution in [2.45, 2.75) is 19.3 Å². The molecule has 134 valence electrons. The first-order valence-corrected chi connectivity index (χ1v) is 9.66. The van der Waals surface area contributed by atoms with Crippen LogP contribution in [0.1, 0.15) is 33.9 Å². The van der Waals surface area contributed by atoms with Crippen LogP contribution in [0.3, 0.4) is 0 Å². The maximum atomic E-state index is 12.5. The quantitative estimate of drug-likeness (QED) is 0.742. The molecule has 0 aliphatic carbocycles. The molecule has 1 N–H and O–H groups in total. The first-order chi connectivity index (χ1) is 12.7. The predicted octanol–water partition coefficient (Wildman–Crippen LogP) is 3.97. The van der Waals surface area contributed by atoms with Crippen molar-refractivity contribution < 1.29 is 9.53 Å². The number of rotatable bonds is 5. The number of nitrogens with one attached hydrogen (secondary N) is 1. The molecule has 1 fully saturated rings. The van der Waals surface area contributed by atoms with Gasteiger partial charge in [0.2, 0.25) is 0 Å². The van der Waals surface area contributed by atoms with Crippen LogP contribution in [0.4, 0.5) is 0 Å². The van der Waals surface area contributed by atoms with Crippen molar-refractivity contribution in [2.75, 3.05) is 20.2 Å². The third kappa shape index (κ3) is 3.51. The number of H-pyrrole nitrogens is 1. The van der Waals surface area contributed by atoms with Gasteiger partial charge in [0.05, 0.1) is 17.8 Å². The summed E-state index contributed by atoms with van der Waals surface area (Å²) in [6.07, 6.45) is 4.83. The van der Waals surface area contributed by atoms with E-state index in [1.54, 1.807) is 18.4 Å². The van der Waals surface area contributed by atoms with Gasteiger partial charge in [0.25, 0.3) is 5.91 Å². The summed E-state index contributed by atoms with van der Waals surface area (Å²) < 4.78 is 5.28. The first kappa shape index (κ1) is 16.8. The highest BCUT2D eigenvalue weighted by molar-refractivity contribution is 7.10. The van der Waals surface area contributed by atoms with E-state index in [1.807, 2.05) is 40.7 Å². The van der Waals surface area contributed by atoms with Crippen LogP contribution in [-0.4, -0.2) is 41.0 Å². The molecule has 0 radical (unpaired) electrons. The van der Waals surface area contributed by atoms with Crippen LogP contribution in [0.15, 0.2) is 41.9 Å². The first-order valence-electron chi connectivity index (χ1n) is 8.78. The molecule has 4 rings (SSSR count). The number of carbonyl (C=O) groups is 1. The van der Waals surface area contributed by atoms with Gasteiger partial charge < -0.3 is 14.6 Å². The molecule has 2 aromatic heterocycles. The number of aromatic nitrogens is 2. The fourth-order valence-electron chi connectivity index (χ4n) is 3.24. The monoisotopic (exact) mass is 367 g/mol.